The summed E-state index contributed by atoms with van der Waals surface area (Å²) in [4.78, 5) is 28.9. The molecule has 34 heavy (non-hydrogen) atoms. The zero-order valence-corrected chi connectivity index (χ0v) is 19.3. The van der Waals surface area contributed by atoms with Crippen molar-refractivity contribution in [2.45, 2.75) is 19.0 Å². The summed E-state index contributed by atoms with van der Waals surface area (Å²) in [7, 11) is 0. The van der Waals surface area contributed by atoms with Crippen LogP contribution in [0.2, 0.25) is 5.02 Å². The number of alkyl halides is 3. The highest BCUT2D eigenvalue weighted by Crippen LogP contribution is 2.29. The van der Waals surface area contributed by atoms with Crippen LogP contribution in [0.15, 0.2) is 48.5 Å². The first kappa shape index (κ1) is 25.6. The van der Waals surface area contributed by atoms with Gasteiger partial charge in [-0.25, -0.2) is 9.59 Å². The summed E-state index contributed by atoms with van der Waals surface area (Å²) in [6.45, 7) is 3.64. The highest BCUT2D eigenvalue weighted by molar-refractivity contribution is 6.30. The van der Waals surface area contributed by atoms with E-state index in [-0.39, 0.29) is 24.8 Å². The Bertz CT molecular complexity index is 949. The predicted octanol–water partition coefficient (Wildman–Crippen LogP) is 5.11. The molecule has 1 aliphatic rings. The molecular formula is C23H27ClF3N5O2. The number of hydrogen-bond acceptors (Lipinski definition) is 3. The average molecular weight is 498 g/mol. The van der Waals surface area contributed by atoms with E-state index in [2.05, 4.69) is 20.9 Å². The van der Waals surface area contributed by atoms with Crippen LogP contribution in [-0.2, 0) is 6.18 Å². The Balaban J connectivity index is 1.51. The Hall–Kier alpha value is -2.98. The zero-order chi connectivity index (χ0) is 24.6. The van der Waals surface area contributed by atoms with Crippen LogP contribution in [0.5, 0.6) is 0 Å². The number of halogens is 4. The van der Waals surface area contributed by atoms with Crippen molar-refractivity contribution in [3.63, 3.8) is 0 Å². The van der Waals surface area contributed by atoms with Crippen LogP contribution in [0.3, 0.4) is 0 Å². The summed E-state index contributed by atoms with van der Waals surface area (Å²) in [6, 6.07) is 10.1. The molecule has 0 saturated carbocycles. The third-order valence-electron chi connectivity index (χ3n) is 5.40. The maximum Gasteiger partial charge on any atom is 0.416 e. The van der Waals surface area contributed by atoms with Crippen molar-refractivity contribution in [3.8, 4) is 0 Å². The lowest BCUT2D eigenvalue weighted by atomic mass is 10.2. The number of urea groups is 2. The molecule has 0 bridgehead atoms. The first-order valence-electron chi connectivity index (χ1n) is 11.0. The van der Waals surface area contributed by atoms with Crippen molar-refractivity contribution >= 4 is 35.0 Å². The van der Waals surface area contributed by atoms with Crippen LogP contribution in [0, 0.1) is 0 Å². The molecule has 3 rings (SSSR count). The third-order valence-corrected chi connectivity index (χ3v) is 5.66. The van der Waals surface area contributed by atoms with E-state index in [1.54, 1.807) is 29.2 Å². The molecule has 3 N–H and O–H groups in total. The molecular weight excluding hydrogens is 471 g/mol. The largest absolute Gasteiger partial charge is 0.416 e. The maximum absolute atomic E-state index is 12.8. The fraction of sp³-hybridized carbons (Fsp3) is 0.391. The molecule has 1 saturated heterocycles. The van der Waals surface area contributed by atoms with E-state index in [1.165, 1.54) is 12.1 Å². The zero-order valence-electron chi connectivity index (χ0n) is 18.5. The quantitative estimate of drug-likeness (QED) is 0.474. The SMILES string of the molecule is O=C(NCCN(CCN1CCCC1)C(=O)Nc1ccc(Cl)cc1)Nc1ccc(C(F)(F)F)cc1. The smallest absolute Gasteiger partial charge is 0.336 e. The molecule has 0 atom stereocenters. The summed E-state index contributed by atoms with van der Waals surface area (Å²) < 4.78 is 38.0. The molecule has 0 aliphatic carbocycles. The first-order chi connectivity index (χ1) is 16.2. The van der Waals surface area contributed by atoms with E-state index in [0.29, 0.717) is 17.3 Å². The van der Waals surface area contributed by atoms with Crippen LogP contribution >= 0.6 is 11.6 Å². The standard InChI is InChI=1S/C23H27ClF3N5O2/c24-18-5-9-20(10-6-18)30-22(34)32(16-15-31-12-1-2-13-31)14-11-28-21(33)29-19-7-3-17(4-8-19)23(25,26)27/h3-10H,1-2,11-16H2,(H,30,34)(H2,28,29,33). The number of nitrogens with one attached hydrogen (secondary N) is 3. The number of carbonyl (C=O) groups excluding carboxylic acids is 2. The molecule has 7 nitrogen and oxygen atoms in total. The molecule has 0 unspecified atom stereocenters. The van der Waals surface area contributed by atoms with Crippen LogP contribution in [0.4, 0.5) is 34.1 Å². The second kappa shape index (κ2) is 11.9. The van der Waals surface area contributed by atoms with Gasteiger partial charge >= 0.3 is 18.2 Å². The van der Waals surface area contributed by atoms with Crippen LogP contribution in [-0.4, -0.2) is 61.1 Å². The average Bonchev–Trinajstić information content (AvgIpc) is 3.31. The summed E-state index contributed by atoms with van der Waals surface area (Å²) in [5, 5.41) is 8.52. The molecule has 0 spiro atoms. The molecule has 2 aromatic carbocycles. The van der Waals surface area contributed by atoms with Crippen molar-refractivity contribution in [1.29, 1.82) is 0 Å². The van der Waals surface area contributed by atoms with Crippen LogP contribution in [0.25, 0.3) is 0 Å². The van der Waals surface area contributed by atoms with Gasteiger partial charge in [-0.2, -0.15) is 13.2 Å². The minimum Gasteiger partial charge on any atom is -0.336 e. The summed E-state index contributed by atoms with van der Waals surface area (Å²) in [5.74, 6) is 0. The monoisotopic (exact) mass is 497 g/mol. The van der Waals surface area contributed by atoms with Crippen molar-refractivity contribution in [2.24, 2.45) is 0 Å². The Labute approximate surface area is 201 Å². The minimum atomic E-state index is -4.44. The first-order valence-corrected chi connectivity index (χ1v) is 11.3. The van der Waals surface area contributed by atoms with Crippen molar-refractivity contribution in [2.75, 3.05) is 49.9 Å². The number of hydrogen-bond donors (Lipinski definition) is 3. The summed E-state index contributed by atoms with van der Waals surface area (Å²) in [6.07, 6.45) is -2.16. The Morgan fingerprint density at radius 2 is 1.50 bits per heavy atom. The fourth-order valence-electron chi connectivity index (χ4n) is 3.54. The number of carbonyl (C=O) groups is 2. The van der Waals surface area contributed by atoms with Gasteiger partial charge in [0.15, 0.2) is 0 Å². The number of nitrogens with zero attached hydrogens (tertiary/aromatic N) is 2. The highest BCUT2D eigenvalue weighted by Gasteiger charge is 2.30. The van der Waals surface area contributed by atoms with Crippen molar-refractivity contribution in [1.82, 2.24) is 15.1 Å². The van der Waals surface area contributed by atoms with E-state index in [1.807, 2.05) is 0 Å². The van der Waals surface area contributed by atoms with Gasteiger partial charge in [-0.1, -0.05) is 11.6 Å². The topological polar surface area (TPSA) is 76.7 Å². The van der Waals surface area contributed by atoms with Crippen molar-refractivity contribution in [3.05, 3.63) is 59.1 Å². The van der Waals surface area contributed by atoms with E-state index in [9.17, 15) is 22.8 Å². The van der Waals surface area contributed by atoms with E-state index in [4.69, 9.17) is 11.6 Å². The molecule has 2 aromatic rings. The maximum atomic E-state index is 12.8. The van der Waals surface area contributed by atoms with Crippen LogP contribution < -0.4 is 16.0 Å². The third kappa shape index (κ3) is 8.11. The molecule has 1 fully saturated rings. The fourth-order valence-corrected chi connectivity index (χ4v) is 3.67. The Morgan fingerprint density at radius 3 is 2.12 bits per heavy atom. The second-order valence-electron chi connectivity index (χ2n) is 7.93. The number of benzene rings is 2. The van der Waals surface area contributed by atoms with Crippen molar-refractivity contribution < 1.29 is 22.8 Å². The molecule has 4 amide bonds. The lowest BCUT2D eigenvalue weighted by Crippen LogP contribution is -2.44. The van der Waals surface area contributed by atoms with Gasteiger partial charge in [-0.15, -0.1) is 0 Å². The lowest BCUT2D eigenvalue weighted by molar-refractivity contribution is -0.137. The van der Waals surface area contributed by atoms with Gasteiger partial charge in [0.2, 0.25) is 0 Å². The molecule has 0 radical (unpaired) electrons. The van der Waals surface area contributed by atoms with Gasteiger partial charge < -0.3 is 25.8 Å². The number of rotatable bonds is 8. The molecule has 11 heteroatoms. The number of amides is 4. The lowest BCUT2D eigenvalue weighted by Gasteiger charge is -2.26. The van der Waals surface area contributed by atoms with Gasteiger partial charge in [0, 0.05) is 42.6 Å². The molecule has 1 aliphatic heterocycles. The second-order valence-corrected chi connectivity index (χ2v) is 8.37. The van der Waals surface area contributed by atoms with E-state index in [0.717, 1.165) is 44.6 Å². The Morgan fingerprint density at radius 1 is 0.912 bits per heavy atom. The summed E-state index contributed by atoms with van der Waals surface area (Å²) >= 11 is 5.89. The number of anilines is 2. The van der Waals surface area contributed by atoms with E-state index >= 15 is 0 Å². The van der Waals surface area contributed by atoms with E-state index < -0.39 is 17.8 Å². The van der Waals surface area contributed by atoms with Gasteiger partial charge in [-0.3, -0.25) is 0 Å². The molecule has 0 aromatic heterocycles. The normalized spacial score (nSPS) is 14.0. The minimum absolute atomic E-state index is 0.167. The molecule has 1 heterocycles. The van der Waals surface area contributed by atoms with Gasteiger partial charge in [0.25, 0.3) is 0 Å². The van der Waals surface area contributed by atoms with Gasteiger partial charge in [0.1, 0.15) is 0 Å². The van der Waals surface area contributed by atoms with Crippen LogP contribution in [0.1, 0.15) is 18.4 Å². The highest BCUT2D eigenvalue weighted by atomic mass is 35.5. The number of likely N-dealkylation sites (tertiary alicyclic amines) is 1. The Kier molecular flexibility index (Phi) is 9.00. The summed E-state index contributed by atoms with van der Waals surface area (Å²) in [5.41, 5.74) is 0.0456. The predicted molar refractivity (Wildman–Crippen MR) is 126 cm³/mol. The van der Waals surface area contributed by atoms with Gasteiger partial charge in [-0.05, 0) is 74.5 Å². The molecule has 184 valence electrons. The van der Waals surface area contributed by atoms with Gasteiger partial charge in [0.05, 0.1) is 5.56 Å².